The van der Waals surface area contributed by atoms with E-state index in [9.17, 15) is 4.79 Å². The molecule has 0 aliphatic carbocycles. The van der Waals surface area contributed by atoms with Gasteiger partial charge in [0.25, 0.3) is 5.91 Å². The minimum Gasteiger partial charge on any atom is -0.457 e. The van der Waals surface area contributed by atoms with Crippen LogP contribution >= 0.6 is 15.9 Å². The third-order valence-corrected chi connectivity index (χ3v) is 4.20. The Bertz CT molecular complexity index is 425. The number of rotatable bonds is 4. The zero-order chi connectivity index (χ0) is 13.8. The maximum absolute atomic E-state index is 12.6. The summed E-state index contributed by atoms with van der Waals surface area (Å²) in [6, 6.07) is 1.91. The first kappa shape index (κ1) is 14.6. The van der Waals surface area contributed by atoms with E-state index in [1.165, 1.54) is 19.1 Å². The molecule has 0 bridgehead atoms. The average Bonchev–Trinajstić information content (AvgIpc) is 2.82. The van der Waals surface area contributed by atoms with Gasteiger partial charge in [-0.15, -0.1) is 0 Å². The minimum absolute atomic E-state index is 0.0428. The second kappa shape index (κ2) is 6.57. The molecule has 1 amide bonds. The van der Waals surface area contributed by atoms with Crippen LogP contribution in [0.3, 0.4) is 0 Å². The van der Waals surface area contributed by atoms with Crippen molar-refractivity contribution in [2.24, 2.45) is 5.92 Å². The number of piperidine rings is 1. The number of carbonyl (C=O) groups is 1. The highest BCUT2D eigenvalue weighted by Crippen LogP contribution is 2.22. The van der Waals surface area contributed by atoms with Gasteiger partial charge in [-0.3, -0.25) is 4.79 Å². The van der Waals surface area contributed by atoms with E-state index in [2.05, 4.69) is 35.1 Å². The number of hydrogen-bond acceptors (Lipinski definition) is 3. The molecule has 1 aliphatic heterocycles. The summed E-state index contributed by atoms with van der Waals surface area (Å²) in [6.45, 7) is 7.02. The highest BCUT2D eigenvalue weighted by atomic mass is 79.9. The van der Waals surface area contributed by atoms with E-state index in [1.807, 2.05) is 4.90 Å². The fourth-order valence-corrected chi connectivity index (χ4v) is 2.90. The molecule has 1 N–H and O–H groups in total. The quantitative estimate of drug-likeness (QED) is 0.924. The summed E-state index contributed by atoms with van der Waals surface area (Å²) in [4.78, 5) is 14.5. The van der Waals surface area contributed by atoms with Crippen LogP contribution in [0.4, 0.5) is 0 Å². The molecule has 0 aromatic carbocycles. The van der Waals surface area contributed by atoms with Crippen LogP contribution in [0.1, 0.15) is 37.0 Å². The van der Waals surface area contributed by atoms with Gasteiger partial charge in [-0.05, 0) is 67.7 Å². The van der Waals surface area contributed by atoms with Crippen molar-refractivity contribution in [1.82, 2.24) is 10.2 Å². The predicted octanol–water partition coefficient (Wildman–Crippen LogP) is 2.89. The van der Waals surface area contributed by atoms with Gasteiger partial charge in [-0.2, -0.15) is 0 Å². The van der Waals surface area contributed by atoms with Crippen molar-refractivity contribution in [3.63, 3.8) is 0 Å². The van der Waals surface area contributed by atoms with Crippen LogP contribution in [-0.4, -0.2) is 36.5 Å². The predicted molar refractivity (Wildman–Crippen MR) is 78.2 cm³/mol. The first-order valence-corrected chi connectivity index (χ1v) is 7.63. The van der Waals surface area contributed by atoms with Gasteiger partial charge in [0.05, 0.1) is 11.8 Å². The Balaban J connectivity index is 2.07. The maximum atomic E-state index is 12.6. The van der Waals surface area contributed by atoms with E-state index in [-0.39, 0.29) is 11.9 Å². The highest BCUT2D eigenvalue weighted by Gasteiger charge is 2.25. The smallest absolute Gasteiger partial charge is 0.258 e. The second-order valence-electron chi connectivity index (χ2n) is 5.37. The van der Waals surface area contributed by atoms with Gasteiger partial charge < -0.3 is 14.6 Å². The fraction of sp³-hybridized carbons (Fsp3) is 0.643. The van der Waals surface area contributed by atoms with Crippen molar-refractivity contribution in [3.05, 3.63) is 22.6 Å². The van der Waals surface area contributed by atoms with E-state index >= 15 is 0 Å². The summed E-state index contributed by atoms with van der Waals surface area (Å²) in [5, 5.41) is 3.40. The van der Waals surface area contributed by atoms with Gasteiger partial charge in [0.2, 0.25) is 0 Å². The van der Waals surface area contributed by atoms with Gasteiger partial charge in [0.1, 0.15) is 0 Å². The zero-order valence-electron chi connectivity index (χ0n) is 11.5. The third-order valence-electron chi connectivity index (χ3n) is 3.59. The Morgan fingerprint density at radius 2 is 2.42 bits per heavy atom. The molecule has 1 aliphatic rings. The standard InChI is InChI=1S/C14H21BrN2O2/c1-10(2)17(9-11-4-3-6-16-8-11)14(18)12-5-7-19-13(12)15/h5,7,10-11,16H,3-4,6,8-9H2,1-2H3. The normalized spacial score (nSPS) is 19.7. The van der Waals surface area contributed by atoms with E-state index in [0.717, 1.165) is 19.6 Å². The van der Waals surface area contributed by atoms with E-state index in [0.29, 0.717) is 16.2 Å². The van der Waals surface area contributed by atoms with Crippen molar-refractivity contribution in [3.8, 4) is 0 Å². The molecule has 5 heteroatoms. The number of amides is 1. The summed E-state index contributed by atoms with van der Waals surface area (Å²) in [5.41, 5.74) is 0.609. The van der Waals surface area contributed by atoms with Crippen LogP contribution < -0.4 is 5.32 Å². The molecular formula is C14H21BrN2O2. The zero-order valence-corrected chi connectivity index (χ0v) is 13.1. The number of furan rings is 1. The Morgan fingerprint density at radius 1 is 1.63 bits per heavy atom. The lowest BCUT2D eigenvalue weighted by atomic mass is 9.98. The molecule has 0 spiro atoms. The molecule has 4 nitrogen and oxygen atoms in total. The van der Waals surface area contributed by atoms with Crippen LogP contribution in [-0.2, 0) is 0 Å². The summed E-state index contributed by atoms with van der Waals surface area (Å²) >= 11 is 3.28. The third kappa shape index (κ3) is 3.60. The van der Waals surface area contributed by atoms with Crippen LogP contribution in [0.25, 0.3) is 0 Å². The van der Waals surface area contributed by atoms with Gasteiger partial charge in [-0.1, -0.05) is 0 Å². The summed E-state index contributed by atoms with van der Waals surface area (Å²) in [6.07, 6.45) is 3.92. The second-order valence-corrected chi connectivity index (χ2v) is 6.09. The Labute approximate surface area is 122 Å². The lowest BCUT2D eigenvalue weighted by Gasteiger charge is -2.32. The van der Waals surface area contributed by atoms with Gasteiger partial charge >= 0.3 is 0 Å². The summed E-state index contributed by atoms with van der Waals surface area (Å²) in [7, 11) is 0. The average molecular weight is 329 g/mol. The number of nitrogens with one attached hydrogen (secondary N) is 1. The van der Waals surface area contributed by atoms with Crippen molar-refractivity contribution >= 4 is 21.8 Å². The van der Waals surface area contributed by atoms with E-state index in [4.69, 9.17) is 4.42 Å². The number of carbonyl (C=O) groups excluding carboxylic acids is 1. The number of halogens is 1. The van der Waals surface area contributed by atoms with E-state index < -0.39 is 0 Å². The van der Waals surface area contributed by atoms with Crippen molar-refractivity contribution in [2.45, 2.75) is 32.7 Å². The van der Waals surface area contributed by atoms with Crippen molar-refractivity contribution < 1.29 is 9.21 Å². The fourth-order valence-electron chi connectivity index (χ4n) is 2.49. The molecule has 19 heavy (non-hydrogen) atoms. The molecule has 1 saturated heterocycles. The first-order chi connectivity index (χ1) is 9.09. The molecule has 2 rings (SSSR count). The molecule has 1 aromatic rings. The van der Waals surface area contributed by atoms with E-state index in [1.54, 1.807) is 6.07 Å². The highest BCUT2D eigenvalue weighted by molar-refractivity contribution is 9.10. The minimum atomic E-state index is 0.0428. The molecule has 106 valence electrons. The first-order valence-electron chi connectivity index (χ1n) is 6.84. The van der Waals surface area contributed by atoms with Crippen LogP contribution in [0.2, 0.25) is 0 Å². The molecule has 1 aromatic heterocycles. The molecular weight excluding hydrogens is 308 g/mol. The topological polar surface area (TPSA) is 45.5 Å². The Hall–Kier alpha value is -0.810. The van der Waals surface area contributed by atoms with Gasteiger partial charge in [-0.25, -0.2) is 0 Å². The lowest BCUT2D eigenvalue weighted by Crippen LogP contribution is -2.44. The Morgan fingerprint density at radius 3 is 2.95 bits per heavy atom. The van der Waals surface area contributed by atoms with Crippen LogP contribution in [0.5, 0.6) is 0 Å². The number of nitrogens with zero attached hydrogens (tertiary/aromatic N) is 1. The largest absolute Gasteiger partial charge is 0.457 e. The SMILES string of the molecule is CC(C)N(CC1CCCNC1)C(=O)c1ccoc1Br. The maximum Gasteiger partial charge on any atom is 0.258 e. The monoisotopic (exact) mass is 328 g/mol. The Kier molecular flexibility index (Phi) is 5.05. The van der Waals surface area contributed by atoms with Crippen LogP contribution in [0, 0.1) is 5.92 Å². The lowest BCUT2D eigenvalue weighted by molar-refractivity contribution is 0.0659. The summed E-state index contributed by atoms with van der Waals surface area (Å²) in [5.74, 6) is 0.590. The van der Waals surface area contributed by atoms with Gasteiger partial charge in [0, 0.05) is 12.6 Å². The van der Waals surface area contributed by atoms with Crippen LogP contribution in [0.15, 0.2) is 21.4 Å². The summed E-state index contributed by atoms with van der Waals surface area (Å²) < 4.78 is 5.68. The van der Waals surface area contributed by atoms with Crippen molar-refractivity contribution in [1.29, 1.82) is 0 Å². The molecule has 1 unspecified atom stereocenters. The number of hydrogen-bond donors (Lipinski definition) is 1. The molecule has 0 saturated carbocycles. The molecule has 1 fully saturated rings. The van der Waals surface area contributed by atoms with Crippen molar-refractivity contribution in [2.75, 3.05) is 19.6 Å². The molecule has 2 heterocycles. The molecule has 0 radical (unpaired) electrons. The van der Waals surface area contributed by atoms with Gasteiger partial charge in [0.15, 0.2) is 4.67 Å². The molecule has 1 atom stereocenters.